The molecule has 1 aromatic rings. The smallest absolute Gasteiger partial charge is 0.245 e. The Balaban J connectivity index is 1.95. The third-order valence-corrected chi connectivity index (χ3v) is 2.87. The molecule has 104 valence electrons. The first kappa shape index (κ1) is 14.0. The van der Waals surface area contributed by atoms with Crippen LogP contribution in [0.15, 0.2) is 18.3 Å². The predicted octanol–water partition coefficient (Wildman–Crippen LogP) is -0.0473. The first-order valence-electron chi connectivity index (χ1n) is 6.41. The number of rotatable bonds is 3. The molecule has 2 rings (SSSR count). The third kappa shape index (κ3) is 3.80. The minimum atomic E-state index is -0.253. The normalized spacial score (nSPS) is 13.8. The lowest BCUT2D eigenvalue weighted by Crippen LogP contribution is -2.34. The average molecular weight is 272 g/mol. The fourth-order valence-corrected chi connectivity index (χ4v) is 1.96. The second kappa shape index (κ2) is 6.68. The summed E-state index contributed by atoms with van der Waals surface area (Å²) in [4.78, 5) is 28.9. The first-order chi connectivity index (χ1) is 9.69. The Bertz CT molecular complexity index is 574. The van der Waals surface area contributed by atoms with Crippen LogP contribution in [0.25, 0.3) is 0 Å². The predicted molar refractivity (Wildman–Crippen MR) is 74.6 cm³/mol. The molecule has 0 atom stereocenters. The van der Waals surface area contributed by atoms with E-state index < -0.39 is 0 Å². The van der Waals surface area contributed by atoms with Crippen LogP contribution in [0.5, 0.6) is 0 Å². The minimum Gasteiger partial charge on any atom is -0.333 e. The van der Waals surface area contributed by atoms with Crippen LogP contribution in [0.3, 0.4) is 0 Å². The van der Waals surface area contributed by atoms with Crippen LogP contribution in [0, 0.1) is 11.8 Å². The summed E-state index contributed by atoms with van der Waals surface area (Å²) < 4.78 is 0. The van der Waals surface area contributed by atoms with E-state index in [0.717, 1.165) is 12.0 Å². The standard InChI is InChI=1S/C14H16N4O2/c15-6-1-3-11-5-7-16-12(9-11)17-13(19)10-18-8-2-4-14(18)20/h5,7,9H,2,4,6,8,10,15H2,(H,16,17,19). The average Bonchev–Trinajstić information content (AvgIpc) is 2.82. The highest BCUT2D eigenvalue weighted by atomic mass is 16.2. The third-order valence-electron chi connectivity index (χ3n) is 2.87. The van der Waals surface area contributed by atoms with Crippen molar-refractivity contribution in [3.05, 3.63) is 23.9 Å². The van der Waals surface area contributed by atoms with Gasteiger partial charge in [0.1, 0.15) is 5.82 Å². The van der Waals surface area contributed by atoms with Gasteiger partial charge in [0.05, 0.1) is 13.1 Å². The van der Waals surface area contributed by atoms with Crippen molar-refractivity contribution in [2.45, 2.75) is 12.8 Å². The van der Waals surface area contributed by atoms with Gasteiger partial charge in [-0.15, -0.1) is 0 Å². The molecular formula is C14H16N4O2. The quantitative estimate of drug-likeness (QED) is 0.755. The van der Waals surface area contributed by atoms with Gasteiger partial charge in [-0.1, -0.05) is 11.8 Å². The maximum absolute atomic E-state index is 11.8. The lowest BCUT2D eigenvalue weighted by molar-refractivity contribution is -0.131. The van der Waals surface area contributed by atoms with E-state index in [4.69, 9.17) is 5.73 Å². The number of likely N-dealkylation sites (tertiary alicyclic amines) is 1. The van der Waals surface area contributed by atoms with Gasteiger partial charge in [-0.05, 0) is 18.6 Å². The number of carbonyl (C=O) groups excluding carboxylic acids is 2. The maximum Gasteiger partial charge on any atom is 0.245 e. The van der Waals surface area contributed by atoms with Gasteiger partial charge in [0, 0.05) is 24.7 Å². The maximum atomic E-state index is 11.8. The molecule has 20 heavy (non-hydrogen) atoms. The molecule has 2 heterocycles. The van der Waals surface area contributed by atoms with Gasteiger partial charge in [-0.2, -0.15) is 0 Å². The van der Waals surface area contributed by atoms with E-state index >= 15 is 0 Å². The number of anilines is 1. The van der Waals surface area contributed by atoms with Crippen molar-refractivity contribution < 1.29 is 9.59 Å². The van der Waals surface area contributed by atoms with Crippen LogP contribution in [0.1, 0.15) is 18.4 Å². The summed E-state index contributed by atoms with van der Waals surface area (Å²) in [7, 11) is 0. The van der Waals surface area contributed by atoms with E-state index in [0.29, 0.717) is 18.8 Å². The second-order valence-electron chi connectivity index (χ2n) is 4.40. The van der Waals surface area contributed by atoms with Gasteiger partial charge in [0.15, 0.2) is 0 Å². The van der Waals surface area contributed by atoms with E-state index in [9.17, 15) is 9.59 Å². The molecular weight excluding hydrogens is 256 g/mol. The lowest BCUT2D eigenvalue weighted by Gasteiger charge is -2.14. The highest BCUT2D eigenvalue weighted by molar-refractivity contribution is 5.94. The summed E-state index contributed by atoms with van der Waals surface area (Å²) in [6.45, 7) is 0.988. The Morgan fingerprint density at radius 1 is 1.55 bits per heavy atom. The van der Waals surface area contributed by atoms with E-state index in [1.54, 1.807) is 23.2 Å². The summed E-state index contributed by atoms with van der Waals surface area (Å²) in [6, 6.07) is 3.41. The van der Waals surface area contributed by atoms with Crippen molar-refractivity contribution >= 4 is 17.6 Å². The number of nitrogens with two attached hydrogens (primary N) is 1. The summed E-state index contributed by atoms with van der Waals surface area (Å²) in [5.74, 6) is 5.79. The van der Waals surface area contributed by atoms with Crippen molar-refractivity contribution in [2.75, 3.05) is 25.0 Å². The molecule has 0 spiro atoms. The monoisotopic (exact) mass is 272 g/mol. The molecule has 6 nitrogen and oxygen atoms in total. The van der Waals surface area contributed by atoms with Crippen LogP contribution in [0.4, 0.5) is 5.82 Å². The van der Waals surface area contributed by atoms with Gasteiger partial charge < -0.3 is 16.0 Å². The zero-order chi connectivity index (χ0) is 14.4. The van der Waals surface area contributed by atoms with Crippen LogP contribution in [-0.2, 0) is 9.59 Å². The Morgan fingerprint density at radius 2 is 2.40 bits per heavy atom. The van der Waals surface area contributed by atoms with Crippen LogP contribution < -0.4 is 11.1 Å². The Kier molecular flexibility index (Phi) is 4.69. The van der Waals surface area contributed by atoms with Crippen molar-refractivity contribution in [2.24, 2.45) is 5.73 Å². The Morgan fingerprint density at radius 3 is 3.10 bits per heavy atom. The molecule has 1 aliphatic heterocycles. The molecule has 3 N–H and O–H groups in total. The highest BCUT2D eigenvalue weighted by Crippen LogP contribution is 2.10. The molecule has 0 aliphatic carbocycles. The van der Waals surface area contributed by atoms with Gasteiger partial charge in [0.25, 0.3) is 0 Å². The van der Waals surface area contributed by atoms with Crippen LogP contribution in [0.2, 0.25) is 0 Å². The number of pyridine rings is 1. The fourth-order valence-electron chi connectivity index (χ4n) is 1.96. The van der Waals surface area contributed by atoms with Gasteiger partial charge >= 0.3 is 0 Å². The van der Waals surface area contributed by atoms with Crippen molar-refractivity contribution in [1.82, 2.24) is 9.88 Å². The molecule has 0 radical (unpaired) electrons. The molecule has 1 aromatic heterocycles. The number of amides is 2. The Hall–Kier alpha value is -2.39. The number of nitrogens with zero attached hydrogens (tertiary/aromatic N) is 2. The largest absolute Gasteiger partial charge is 0.333 e. The van der Waals surface area contributed by atoms with Crippen molar-refractivity contribution in [3.8, 4) is 11.8 Å². The lowest BCUT2D eigenvalue weighted by atomic mass is 10.2. The molecule has 0 bridgehead atoms. The second-order valence-corrected chi connectivity index (χ2v) is 4.40. The molecule has 0 saturated carbocycles. The van der Waals surface area contributed by atoms with Gasteiger partial charge in [-0.25, -0.2) is 4.98 Å². The van der Waals surface area contributed by atoms with Crippen LogP contribution >= 0.6 is 0 Å². The summed E-state index contributed by atoms with van der Waals surface area (Å²) in [5, 5.41) is 2.66. The number of hydrogen-bond donors (Lipinski definition) is 2. The van der Waals surface area contributed by atoms with Crippen molar-refractivity contribution in [3.63, 3.8) is 0 Å². The molecule has 1 fully saturated rings. The summed E-state index contributed by atoms with van der Waals surface area (Å²) in [5.41, 5.74) is 6.04. The van der Waals surface area contributed by atoms with Crippen molar-refractivity contribution in [1.29, 1.82) is 0 Å². The van der Waals surface area contributed by atoms with Gasteiger partial charge in [-0.3, -0.25) is 9.59 Å². The number of nitrogens with one attached hydrogen (secondary N) is 1. The summed E-state index contributed by atoms with van der Waals surface area (Å²) in [6.07, 6.45) is 2.90. The zero-order valence-corrected chi connectivity index (χ0v) is 11.1. The number of hydrogen-bond acceptors (Lipinski definition) is 4. The topological polar surface area (TPSA) is 88.3 Å². The fraction of sp³-hybridized carbons (Fsp3) is 0.357. The molecule has 0 unspecified atom stereocenters. The molecule has 1 saturated heterocycles. The van der Waals surface area contributed by atoms with E-state index in [2.05, 4.69) is 22.1 Å². The van der Waals surface area contributed by atoms with Gasteiger partial charge in [0.2, 0.25) is 11.8 Å². The highest BCUT2D eigenvalue weighted by Gasteiger charge is 2.22. The van der Waals surface area contributed by atoms with E-state index in [-0.39, 0.29) is 24.9 Å². The Labute approximate surface area is 117 Å². The number of aromatic nitrogens is 1. The van der Waals surface area contributed by atoms with E-state index in [1.165, 1.54) is 0 Å². The minimum absolute atomic E-state index is 0.0238. The molecule has 1 aliphatic rings. The zero-order valence-electron chi connectivity index (χ0n) is 11.1. The summed E-state index contributed by atoms with van der Waals surface area (Å²) >= 11 is 0. The van der Waals surface area contributed by atoms with E-state index in [1.807, 2.05) is 0 Å². The molecule has 0 aromatic carbocycles. The molecule has 2 amide bonds. The first-order valence-corrected chi connectivity index (χ1v) is 6.41. The van der Waals surface area contributed by atoms with Crippen LogP contribution in [-0.4, -0.2) is 41.3 Å². The SMILES string of the molecule is NCC#Cc1ccnc(NC(=O)CN2CCCC2=O)c1. The number of carbonyl (C=O) groups is 2. The molecule has 6 heteroatoms.